The normalized spacial score (nSPS) is 10.4. The lowest BCUT2D eigenvalue weighted by molar-refractivity contribution is -0.114. The molecular weight excluding hydrogens is 413 g/mol. The van der Waals surface area contributed by atoms with Crippen molar-refractivity contribution in [3.05, 3.63) is 57.0 Å². The number of rotatable bonds is 8. The molecule has 0 fully saturated rings. The molecule has 0 saturated carbocycles. The summed E-state index contributed by atoms with van der Waals surface area (Å²) in [5.74, 6) is -0.603. The molecule has 144 valence electrons. The van der Waals surface area contributed by atoms with E-state index in [9.17, 15) is 9.59 Å². The molecule has 3 N–H and O–H groups in total. The quantitative estimate of drug-likeness (QED) is 0.552. The molecule has 0 aliphatic heterocycles. The fourth-order valence-corrected chi connectivity index (χ4v) is 2.74. The maximum atomic E-state index is 12.1. The predicted molar refractivity (Wildman–Crippen MR) is 109 cm³/mol. The largest absolute Gasteiger partial charge is 0.383 e. The molecule has 0 atom stereocenters. The number of methoxy groups -OCH3 is 1. The first-order valence-corrected chi connectivity index (χ1v) is 9.09. The Morgan fingerprint density at radius 3 is 2.52 bits per heavy atom. The topological polar surface area (TPSA) is 79.5 Å². The highest BCUT2D eigenvalue weighted by Gasteiger charge is 2.11. The van der Waals surface area contributed by atoms with E-state index in [1.54, 1.807) is 43.5 Å². The van der Waals surface area contributed by atoms with Crippen molar-refractivity contribution in [3.8, 4) is 0 Å². The molecule has 27 heavy (non-hydrogen) atoms. The van der Waals surface area contributed by atoms with Crippen LogP contribution in [0.4, 0.5) is 11.4 Å². The van der Waals surface area contributed by atoms with Crippen LogP contribution in [0.15, 0.2) is 36.4 Å². The van der Waals surface area contributed by atoms with Gasteiger partial charge in [0.15, 0.2) is 0 Å². The maximum absolute atomic E-state index is 12.1. The number of halogens is 3. The SMILES string of the molecule is COCCNC(=O)c1ccc(NCC(=O)Nc2cc(Cl)ccc2Cl)cc1Cl. The molecule has 0 unspecified atom stereocenters. The van der Waals surface area contributed by atoms with Crippen molar-refractivity contribution < 1.29 is 14.3 Å². The molecule has 0 bridgehead atoms. The third kappa shape index (κ3) is 6.59. The van der Waals surface area contributed by atoms with Crippen molar-refractivity contribution in [2.75, 3.05) is 37.4 Å². The summed E-state index contributed by atoms with van der Waals surface area (Å²) in [6.45, 7) is 0.783. The highest BCUT2D eigenvalue weighted by molar-refractivity contribution is 6.35. The Kier molecular flexibility index (Phi) is 8.19. The highest BCUT2D eigenvalue weighted by atomic mass is 35.5. The van der Waals surface area contributed by atoms with Crippen molar-refractivity contribution in [1.29, 1.82) is 0 Å². The van der Waals surface area contributed by atoms with E-state index in [1.807, 2.05) is 0 Å². The summed E-state index contributed by atoms with van der Waals surface area (Å²) in [7, 11) is 1.55. The molecule has 2 aromatic carbocycles. The molecule has 0 aliphatic carbocycles. The lowest BCUT2D eigenvalue weighted by Crippen LogP contribution is -2.27. The molecule has 9 heteroatoms. The number of nitrogens with one attached hydrogen (secondary N) is 3. The van der Waals surface area contributed by atoms with Crippen molar-refractivity contribution in [1.82, 2.24) is 5.32 Å². The number of anilines is 2. The zero-order valence-electron chi connectivity index (χ0n) is 14.4. The molecule has 0 saturated heterocycles. The monoisotopic (exact) mass is 429 g/mol. The van der Waals surface area contributed by atoms with E-state index in [1.165, 1.54) is 0 Å². The number of amides is 2. The van der Waals surface area contributed by atoms with Gasteiger partial charge in [0, 0.05) is 24.4 Å². The first-order valence-electron chi connectivity index (χ1n) is 7.96. The first-order chi connectivity index (χ1) is 12.9. The zero-order valence-corrected chi connectivity index (χ0v) is 16.7. The fraction of sp³-hybridized carbons (Fsp3) is 0.222. The summed E-state index contributed by atoms with van der Waals surface area (Å²) in [6.07, 6.45) is 0. The molecule has 2 amide bonds. The number of carbonyl (C=O) groups is 2. The van der Waals surface area contributed by atoms with Crippen LogP contribution in [0.2, 0.25) is 15.1 Å². The van der Waals surface area contributed by atoms with Crippen molar-refractivity contribution in [2.24, 2.45) is 0 Å². The van der Waals surface area contributed by atoms with Gasteiger partial charge in [-0.25, -0.2) is 0 Å². The number of ether oxygens (including phenoxy) is 1. The molecule has 0 spiro atoms. The van der Waals surface area contributed by atoms with Crippen molar-refractivity contribution >= 4 is 58.0 Å². The van der Waals surface area contributed by atoms with E-state index in [2.05, 4.69) is 16.0 Å². The van der Waals surface area contributed by atoms with Crippen LogP contribution in [0.5, 0.6) is 0 Å². The zero-order chi connectivity index (χ0) is 19.8. The lowest BCUT2D eigenvalue weighted by atomic mass is 10.2. The Labute approximate surface area is 172 Å². The van der Waals surface area contributed by atoms with E-state index in [0.717, 1.165) is 0 Å². The van der Waals surface area contributed by atoms with Gasteiger partial charge in [-0.2, -0.15) is 0 Å². The van der Waals surface area contributed by atoms with Gasteiger partial charge in [0.05, 0.1) is 34.4 Å². The van der Waals surface area contributed by atoms with Crippen molar-refractivity contribution in [3.63, 3.8) is 0 Å². The molecule has 6 nitrogen and oxygen atoms in total. The second-order valence-electron chi connectivity index (χ2n) is 5.47. The summed E-state index contributed by atoms with van der Waals surface area (Å²) in [5.41, 5.74) is 1.37. The molecule has 0 aliphatic rings. The Hall–Kier alpha value is -1.99. The molecule has 0 radical (unpaired) electrons. The highest BCUT2D eigenvalue weighted by Crippen LogP contribution is 2.25. The summed E-state index contributed by atoms with van der Waals surface area (Å²) in [4.78, 5) is 24.1. The van der Waals surface area contributed by atoms with Crippen LogP contribution in [0.1, 0.15) is 10.4 Å². The predicted octanol–water partition coefficient (Wildman–Crippen LogP) is 4.07. The van der Waals surface area contributed by atoms with Crippen LogP contribution >= 0.6 is 34.8 Å². The Morgan fingerprint density at radius 1 is 1.04 bits per heavy atom. The third-order valence-electron chi connectivity index (χ3n) is 3.46. The van der Waals surface area contributed by atoms with Gasteiger partial charge in [0.25, 0.3) is 5.91 Å². The van der Waals surface area contributed by atoms with Gasteiger partial charge in [0.2, 0.25) is 5.91 Å². The van der Waals surface area contributed by atoms with Crippen LogP contribution in [0.3, 0.4) is 0 Å². The average molecular weight is 431 g/mol. The van der Waals surface area contributed by atoms with Crippen LogP contribution in [-0.4, -0.2) is 38.6 Å². The lowest BCUT2D eigenvalue weighted by Gasteiger charge is -2.11. The second-order valence-corrected chi connectivity index (χ2v) is 6.72. The average Bonchev–Trinajstić information content (AvgIpc) is 2.63. The molecule has 2 aromatic rings. The molecular formula is C18H18Cl3N3O3. The molecule has 0 aromatic heterocycles. The third-order valence-corrected chi connectivity index (χ3v) is 4.34. The van der Waals surface area contributed by atoms with E-state index < -0.39 is 0 Å². The minimum Gasteiger partial charge on any atom is -0.383 e. The smallest absolute Gasteiger partial charge is 0.252 e. The minimum atomic E-state index is -0.309. The molecule has 2 rings (SSSR count). The van der Waals surface area contributed by atoms with Gasteiger partial charge in [-0.05, 0) is 36.4 Å². The Morgan fingerprint density at radius 2 is 1.81 bits per heavy atom. The van der Waals surface area contributed by atoms with E-state index in [-0.39, 0.29) is 23.4 Å². The van der Waals surface area contributed by atoms with E-state index >= 15 is 0 Å². The maximum Gasteiger partial charge on any atom is 0.252 e. The van der Waals surface area contributed by atoms with Crippen molar-refractivity contribution in [2.45, 2.75) is 0 Å². The summed E-state index contributed by atoms with van der Waals surface area (Å²) < 4.78 is 4.88. The molecule has 0 heterocycles. The van der Waals surface area contributed by atoms with Gasteiger partial charge in [0.1, 0.15) is 0 Å². The van der Waals surface area contributed by atoms with Gasteiger partial charge < -0.3 is 20.7 Å². The van der Waals surface area contributed by atoms with Gasteiger partial charge in [-0.3, -0.25) is 9.59 Å². The standard InChI is InChI=1S/C18H18Cl3N3O3/c1-27-7-6-22-18(26)13-4-3-12(9-15(13)21)23-10-17(25)24-16-8-11(19)2-5-14(16)20/h2-5,8-9,23H,6-7,10H2,1H3,(H,22,26)(H,24,25). The van der Waals surface area contributed by atoms with Crippen LogP contribution in [0, 0.1) is 0 Å². The van der Waals surface area contributed by atoms with Crippen LogP contribution in [0.25, 0.3) is 0 Å². The first kappa shape index (κ1) is 21.3. The number of hydrogen-bond donors (Lipinski definition) is 3. The number of carbonyl (C=O) groups excluding carboxylic acids is 2. The Balaban J connectivity index is 1.92. The van der Waals surface area contributed by atoms with E-state index in [0.29, 0.717) is 40.1 Å². The van der Waals surface area contributed by atoms with Gasteiger partial charge in [-0.1, -0.05) is 34.8 Å². The van der Waals surface area contributed by atoms with Crippen LogP contribution in [-0.2, 0) is 9.53 Å². The minimum absolute atomic E-state index is 0.0153. The summed E-state index contributed by atoms with van der Waals surface area (Å²) >= 11 is 18.1. The Bertz CT molecular complexity index is 831. The fourth-order valence-electron chi connectivity index (χ4n) is 2.14. The number of benzene rings is 2. The summed E-state index contributed by atoms with van der Waals surface area (Å²) in [5, 5.41) is 9.42. The van der Waals surface area contributed by atoms with E-state index in [4.69, 9.17) is 39.5 Å². The summed E-state index contributed by atoms with van der Waals surface area (Å²) in [6, 6.07) is 9.62. The second kappa shape index (κ2) is 10.4. The number of hydrogen-bond acceptors (Lipinski definition) is 4. The van der Waals surface area contributed by atoms with Gasteiger partial charge in [-0.15, -0.1) is 0 Å². The van der Waals surface area contributed by atoms with Gasteiger partial charge >= 0.3 is 0 Å². The van der Waals surface area contributed by atoms with Crippen LogP contribution < -0.4 is 16.0 Å².